The highest BCUT2D eigenvalue weighted by molar-refractivity contribution is 7.90. The SMILES string of the molecule is CS(=O)(=O)c1ccc(OC(=O)[C@@H]2CC[C@@H]3CN2C(=O)N3OCc2ccccc2)cc1. The zero-order valence-electron chi connectivity index (χ0n) is 16.4. The van der Waals surface area contributed by atoms with Crippen LogP contribution in [0, 0.1) is 0 Å². The van der Waals surface area contributed by atoms with Crippen LogP contribution in [-0.2, 0) is 26.1 Å². The quantitative estimate of drug-likeness (QED) is 0.516. The Morgan fingerprint density at radius 2 is 1.77 bits per heavy atom. The molecule has 2 atom stereocenters. The second kappa shape index (κ2) is 8.08. The summed E-state index contributed by atoms with van der Waals surface area (Å²) in [6.45, 7) is 0.680. The summed E-state index contributed by atoms with van der Waals surface area (Å²) in [6.07, 6.45) is 2.21. The fourth-order valence-electron chi connectivity index (χ4n) is 3.70. The summed E-state index contributed by atoms with van der Waals surface area (Å²) < 4.78 is 28.5. The van der Waals surface area contributed by atoms with Gasteiger partial charge in [-0.3, -0.25) is 4.84 Å². The molecular weight excluding hydrogens is 408 g/mol. The van der Waals surface area contributed by atoms with Gasteiger partial charge in [-0.1, -0.05) is 30.3 Å². The van der Waals surface area contributed by atoms with Crippen LogP contribution in [0.3, 0.4) is 0 Å². The maximum Gasteiger partial charge on any atom is 0.345 e. The number of nitrogens with zero attached hydrogens (tertiary/aromatic N) is 2. The van der Waals surface area contributed by atoms with Gasteiger partial charge in [0.2, 0.25) is 0 Å². The normalized spacial score (nSPS) is 21.0. The average Bonchev–Trinajstić information content (AvgIpc) is 2.96. The summed E-state index contributed by atoms with van der Waals surface area (Å²) >= 11 is 0. The van der Waals surface area contributed by atoms with Crippen LogP contribution in [0.4, 0.5) is 4.79 Å². The van der Waals surface area contributed by atoms with Crippen molar-refractivity contribution in [1.82, 2.24) is 9.96 Å². The molecule has 2 aliphatic rings. The molecule has 4 rings (SSSR count). The molecule has 0 aromatic heterocycles. The van der Waals surface area contributed by atoms with Crippen LogP contribution < -0.4 is 4.74 Å². The van der Waals surface area contributed by atoms with Gasteiger partial charge in [-0.2, -0.15) is 5.06 Å². The van der Waals surface area contributed by atoms with Gasteiger partial charge in [0.25, 0.3) is 0 Å². The lowest BCUT2D eigenvalue weighted by molar-refractivity contribution is -0.141. The standard InChI is InChI=1S/C21H22N2O6S/c1-30(26,27)18-10-8-17(9-11-18)29-20(24)19-12-7-16-13-22(19)21(25)23(16)28-14-15-5-3-2-4-6-15/h2-6,8-11,16,19H,7,12-14H2,1H3/t16-,19+/m1/s1. The first-order valence-electron chi connectivity index (χ1n) is 9.61. The Bertz CT molecular complexity index is 1040. The molecular formula is C21H22N2O6S. The van der Waals surface area contributed by atoms with Crippen molar-refractivity contribution in [3.8, 4) is 5.75 Å². The molecule has 0 unspecified atom stereocenters. The number of carbonyl (C=O) groups is 2. The molecule has 0 saturated carbocycles. The molecule has 0 N–H and O–H groups in total. The number of ether oxygens (including phenoxy) is 1. The lowest BCUT2D eigenvalue weighted by Crippen LogP contribution is -2.46. The Kier molecular flexibility index (Phi) is 5.48. The van der Waals surface area contributed by atoms with Crippen LogP contribution in [-0.4, -0.2) is 55.3 Å². The van der Waals surface area contributed by atoms with Gasteiger partial charge in [-0.25, -0.2) is 18.0 Å². The fourth-order valence-corrected chi connectivity index (χ4v) is 4.33. The number of hydroxylamine groups is 2. The predicted molar refractivity (Wildman–Crippen MR) is 107 cm³/mol. The number of urea groups is 1. The fraction of sp³-hybridized carbons (Fsp3) is 0.333. The van der Waals surface area contributed by atoms with Gasteiger partial charge in [0.15, 0.2) is 9.84 Å². The van der Waals surface area contributed by atoms with Gasteiger partial charge in [-0.05, 0) is 42.7 Å². The third kappa shape index (κ3) is 4.17. The van der Waals surface area contributed by atoms with E-state index in [9.17, 15) is 18.0 Å². The van der Waals surface area contributed by atoms with Crippen LogP contribution in [0.1, 0.15) is 18.4 Å². The summed E-state index contributed by atoms with van der Waals surface area (Å²) in [7, 11) is -3.33. The van der Waals surface area contributed by atoms with E-state index in [0.29, 0.717) is 19.4 Å². The molecule has 0 spiro atoms. The van der Waals surface area contributed by atoms with E-state index in [1.54, 1.807) is 0 Å². The van der Waals surface area contributed by atoms with Crippen molar-refractivity contribution in [2.24, 2.45) is 0 Å². The van der Waals surface area contributed by atoms with Crippen molar-refractivity contribution in [3.05, 3.63) is 60.2 Å². The highest BCUT2D eigenvalue weighted by atomic mass is 32.2. The van der Waals surface area contributed by atoms with E-state index < -0.39 is 21.8 Å². The number of sulfone groups is 1. The molecule has 2 saturated heterocycles. The molecule has 2 bridgehead atoms. The minimum Gasteiger partial charge on any atom is -0.425 e. The van der Waals surface area contributed by atoms with Gasteiger partial charge in [0.05, 0.1) is 10.9 Å². The minimum absolute atomic E-state index is 0.0979. The third-order valence-electron chi connectivity index (χ3n) is 5.28. The number of fused-ring (bicyclic) bond motifs is 2. The molecule has 2 amide bonds. The second-order valence-electron chi connectivity index (χ2n) is 7.43. The first kappa shape index (κ1) is 20.4. The van der Waals surface area contributed by atoms with Crippen LogP contribution in [0.5, 0.6) is 5.75 Å². The molecule has 2 aromatic carbocycles. The highest BCUT2D eigenvalue weighted by Crippen LogP contribution is 2.31. The topological polar surface area (TPSA) is 93.2 Å². The molecule has 2 aliphatic heterocycles. The first-order chi connectivity index (χ1) is 14.3. The lowest BCUT2D eigenvalue weighted by atomic mass is 10.0. The smallest absolute Gasteiger partial charge is 0.345 e. The van der Waals surface area contributed by atoms with E-state index in [1.807, 2.05) is 30.3 Å². The number of carbonyl (C=O) groups excluding carboxylic acids is 2. The van der Waals surface area contributed by atoms with Crippen molar-refractivity contribution >= 4 is 21.8 Å². The van der Waals surface area contributed by atoms with Crippen LogP contribution >= 0.6 is 0 Å². The summed E-state index contributed by atoms with van der Waals surface area (Å²) in [5.41, 5.74) is 0.954. The summed E-state index contributed by atoms with van der Waals surface area (Å²) in [5.74, 6) is -0.308. The number of amides is 2. The number of benzene rings is 2. The number of piperidine rings is 1. The van der Waals surface area contributed by atoms with Crippen molar-refractivity contribution in [1.29, 1.82) is 0 Å². The Balaban J connectivity index is 1.39. The highest BCUT2D eigenvalue weighted by Gasteiger charge is 2.48. The minimum atomic E-state index is -3.33. The molecule has 2 aromatic rings. The summed E-state index contributed by atoms with van der Waals surface area (Å²) in [5, 5.41) is 1.36. The van der Waals surface area contributed by atoms with Gasteiger partial charge in [-0.15, -0.1) is 0 Å². The number of rotatable bonds is 6. The molecule has 30 heavy (non-hydrogen) atoms. The van der Waals surface area contributed by atoms with Gasteiger partial charge in [0.1, 0.15) is 18.4 Å². The Labute approximate surface area is 174 Å². The van der Waals surface area contributed by atoms with E-state index in [4.69, 9.17) is 9.57 Å². The van der Waals surface area contributed by atoms with E-state index in [1.165, 1.54) is 34.2 Å². The number of hydrogen-bond acceptors (Lipinski definition) is 6. The summed E-state index contributed by atoms with van der Waals surface area (Å²) in [6, 6.07) is 14.0. The van der Waals surface area contributed by atoms with Gasteiger partial charge < -0.3 is 9.64 Å². The number of esters is 1. The monoisotopic (exact) mass is 430 g/mol. The maximum atomic E-state index is 12.8. The Hall–Kier alpha value is -2.91. The predicted octanol–water partition coefficient (Wildman–Crippen LogP) is 2.40. The van der Waals surface area contributed by atoms with E-state index >= 15 is 0 Å². The largest absolute Gasteiger partial charge is 0.425 e. The molecule has 8 nitrogen and oxygen atoms in total. The third-order valence-corrected chi connectivity index (χ3v) is 6.41. The van der Waals surface area contributed by atoms with Crippen molar-refractivity contribution in [2.75, 3.05) is 12.8 Å². The molecule has 158 valence electrons. The molecule has 2 fully saturated rings. The van der Waals surface area contributed by atoms with Crippen molar-refractivity contribution in [2.45, 2.75) is 36.4 Å². The molecule has 9 heteroatoms. The average molecular weight is 430 g/mol. The molecule has 0 aliphatic carbocycles. The molecule has 0 radical (unpaired) electrons. The van der Waals surface area contributed by atoms with Gasteiger partial charge >= 0.3 is 12.0 Å². The Morgan fingerprint density at radius 3 is 2.43 bits per heavy atom. The maximum absolute atomic E-state index is 12.8. The first-order valence-corrected chi connectivity index (χ1v) is 11.5. The van der Waals surface area contributed by atoms with Crippen LogP contribution in [0.15, 0.2) is 59.5 Å². The second-order valence-corrected chi connectivity index (χ2v) is 9.45. The van der Waals surface area contributed by atoms with E-state index in [-0.39, 0.29) is 29.3 Å². The molecule has 2 heterocycles. The Morgan fingerprint density at radius 1 is 1.07 bits per heavy atom. The summed E-state index contributed by atoms with van der Waals surface area (Å²) in [4.78, 5) is 32.8. The van der Waals surface area contributed by atoms with E-state index in [2.05, 4.69) is 0 Å². The van der Waals surface area contributed by atoms with E-state index in [0.717, 1.165) is 11.8 Å². The van der Waals surface area contributed by atoms with Gasteiger partial charge in [0, 0.05) is 12.8 Å². The zero-order chi connectivity index (χ0) is 21.3. The number of hydrogen-bond donors (Lipinski definition) is 0. The van der Waals surface area contributed by atoms with Crippen LogP contribution in [0.2, 0.25) is 0 Å². The lowest BCUT2D eigenvalue weighted by Gasteiger charge is -2.28. The van der Waals surface area contributed by atoms with Crippen molar-refractivity contribution < 1.29 is 27.6 Å². The van der Waals surface area contributed by atoms with Crippen molar-refractivity contribution in [3.63, 3.8) is 0 Å². The zero-order valence-corrected chi connectivity index (χ0v) is 17.2. The van der Waals surface area contributed by atoms with Crippen LogP contribution in [0.25, 0.3) is 0 Å².